The largest absolute Gasteiger partial charge is 0.372 e. The zero-order valence-electron chi connectivity index (χ0n) is 15.5. The molecule has 0 aromatic heterocycles. The molecule has 0 unspecified atom stereocenters. The third kappa shape index (κ3) is 3.03. The van der Waals surface area contributed by atoms with Crippen molar-refractivity contribution in [3.05, 3.63) is 70.3 Å². The molecule has 0 aliphatic heterocycles. The van der Waals surface area contributed by atoms with Crippen LogP contribution < -0.4 is 4.90 Å². The van der Waals surface area contributed by atoms with E-state index in [2.05, 4.69) is 61.9 Å². The summed E-state index contributed by atoms with van der Waals surface area (Å²) in [5.74, 6) is 2.88. The Bertz CT molecular complexity index is 972. The third-order valence-electron chi connectivity index (χ3n) is 4.97. The van der Waals surface area contributed by atoms with Gasteiger partial charge >= 0.3 is 0 Å². The highest BCUT2D eigenvalue weighted by atomic mass is 15.1. The highest BCUT2D eigenvalue weighted by Crippen LogP contribution is 2.43. The van der Waals surface area contributed by atoms with E-state index in [1.165, 1.54) is 11.3 Å². The molecule has 2 aromatic carbocycles. The van der Waals surface area contributed by atoms with Crippen LogP contribution in [0.25, 0.3) is 17.2 Å². The van der Waals surface area contributed by atoms with Gasteiger partial charge in [-0.1, -0.05) is 24.1 Å². The van der Waals surface area contributed by atoms with Crippen molar-refractivity contribution in [3.63, 3.8) is 0 Å². The maximum Gasteiger partial charge on any atom is 0.0991 e. The van der Waals surface area contributed by atoms with Crippen molar-refractivity contribution in [2.24, 2.45) is 0 Å². The molecule has 0 radical (unpaired) electrons. The number of hydrogen-bond acceptors (Lipinski definition) is 2. The normalized spacial score (nSPS) is 14.1. The number of anilines is 1. The maximum atomic E-state index is 8.96. The molecular weight excluding hydrogens is 316 g/mol. The molecule has 0 fully saturated rings. The number of benzene rings is 2. The fourth-order valence-corrected chi connectivity index (χ4v) is 3.49. The molecule has 0 atom stereocenters. The first kappa shape index (κ1) is 17.6. The van der Waals surface area contributed by atoms with Crippen molar-refractivity contribution in [1.29, 1.82) is 5.26 Å². The summed E-state index contributed by atoms with van der Waals surface area (Å²) in [6.45, 7) is 8.35. The van der Waals surface area contributed by atoms with Crippen molar-refractivity contribution in [3.8, 4) is 18.4 Å². The zero-order chi connectivity index (χ0) is 18.7. The summed E-state index contributed by atoms with van der Waals surface area (Å²) in [6.07, 6.45) is 7.99. The Labute approximate surface area is 156 Å². The van der Waals surface area contributed by atoms with E-state index in [1.807, 2.05) is 24.3 Å². The van der Waals surface area contributed by atoms with Crippen molar-refractivity contribution in [2.45, 2.75) is 20.8 Å². The van der Waals surface area contributed by atoms with E-state index in [-0.39, 0.29) is 0 Å². The molecule has 2 nitrogen and oxygen atoms in total. The molecule has 128 valence electrons. The second kappa shape index (κ2) is 7.34. The first-order valence-corrected chi connectivity index (χ1v) is 8.92. The second-order valence-electron chi connectivity index (χ2n) is 6.34. The summed E-state index contributed by atoms with van der Waals surface area (Å²) in [5.41, 5.74) is 8.50. The van der Waals surface area contributed by atoms with Crippen molar-refractivity contribution in [2.75, 3.05) is 18.0 Å². The lowest BCUT2D eigenvalue weighted by atomic mass is 9.99. The Hall–Kier alpha value is -3.23. The van der Waals surface area contributed by atoms with E-state index < -0.39 is 0 Å². The van der Waals surface area contributed by atoms with E-state index in [0.717, 1.165) is 40.9 Å². The average molecular weight is 338 g/mol. The Morgan fingerprint density at radius 2 is 1.73 bits per heavy atom. The van der Waals surface area contributed by atoms with Gasteiger partial charge in [-0.25, -0.2) is 0 Å². The Morgan fingerprint density at radius 3 is 2.31 bits per heavy atom. The van der Waals surface area contributed by atoms with E-state index >= 15 is 0 Å². The van der Waals surface area contributed by atoms with Crippen molar-refractivity contribution < 1.29 is 0 Å². The van der Waals surface area contributed by atoms with Gasteiger partial charge in [-0.05, 0) is 73.4 Å². The molecule has 2 aromatic rings. The second-order valence-corrected chi connectivity index (χ2v) is 6.34. The van der Waals surface area contributed by atoms with E-state index in [1.54, 1.807) is 0 Å². The van der Waals surface area contributed by atoms with E-state index in [9.17, 15) is 0 Å². The number of terminal acetylenes is 1. The van der Waals surface area contributed by atoms with Crippen LogP contribution in [0.15, 0.2) is 48.0 Å². The van der Waals surface area contributed by atoms with Crippen LogP contribution in [0.4, 0.5) is 5.69 Å². The van der Waals surface area contributed by atoms with Crippen LogP contribution in [0.2, 0.25) is 0 Å². The number of nitrogens with zero attached hydrogens (tertiary/aromatic N) is 2. The standard InChI is InChI=1S/C24H22N2/c1-5-21-17(4)23(14-18-8-10-19(16-25)11-9-18)22-13-12-20(15-24(21)22)26(6-2)7-3/h1,8-15H,6-7H2,2-4H3. The minimum Gasteiger partial charge on any atom is -0.372 e. The SMILES string of the molecule is C#CC1=C(C)C(=Cc2ccc(C#N)cc2)c2ccc(N(CC)CC)cc21. The van der Waals surface area contributed by atoms with Crippen LogP contribution in [0.1, 0.15) is 43.0 Å². The molecule has 1 aliphatic carbocycles. The van der Waals surface area contributed by atoms with E-state index in [0.29, 0.717) is 5.56 Å². The van der Waals surface area contributed by atoms with Crippen molar-refractivity contribution >= 4 is 22.9 Å². The molecule has 0 amide bonds. The van der Waals surface area contributed by atoms with Crippen LogP contribution in [-0.4, -0.2) is 13.1 Å². The van der Waals surface area contributed by atoms with Gasteiger partial charge in [0, 0.05) is 29.9 Å². The summed E-state index contributed by atoms with van der Waals surface area (Å²) >= 11 is 0. The average Bonchev–Trinajstić information content (AvgIpc) is 2.94. The molecule has 3 rings (SSSR count). The highest BCUT2D eigenvalue weighted by molar-refractivity contribution is 6.09. The minimum atomic E-state index is 0.666. The topological polar surface area (TPSA) is 27.0 Å². The molecule has 1 aliphatic rings. The molecule has 0 N–H and O–H groups in total. The number of nitriles is 1. The molecule has 0 saturated carbocycles. The van der Waals surface area contributed by atoms with E-state index in [4.69, 9.17) is 11.7 Å². The lowest BCUT2D eigenvalue weighted by Crippen LogP contribution is -2.21. The number of hydrogen-bond donors (Lipinski definition) is 0. The summed E-state index contributed by atoms with van der Waals surface area (Å²) in [5, 5.41) is 8.96. The van der Waals surface area contributed by atoms with Crippen LogP contribution in [0, 0.1) is 23.7 Å². The Kier molecular flexibility index (Phi) is 4.97. The Morgan fingerprint density at radius 1 is 1.04 bits per heavy atom. The molecule has 0 bridgehead atoms. The number of rotatable bonds is 4. The number of allylic oxidation sites excluding steroid dienone is 3. The molecule has 0 saturated heterocycles. The van der Waals surface area contributed by atoms with Gasteiger partial charge < -0.3 is 4.90 Å². The zero-order valence-corrected chi connectivity index (χ0v) is 15.5. The predicted octanol–water partition coefficient (Wildman–Crippen LogP) is 5.37. The lowest BCUT2D eigenvalue weighted by molar-refractivity contribution is 0.866. The van der Waals surface area contributed by atoms with Crippen LogP contribution in [-0.2, 0) is 0 Å². The third-order valence-corrected chi connectivity index (χ3v) is 4.97. The first-order valence-electron chi connectivity index (χ1n) is 8.92. The number of fused-ring (bicyclic) bond motifs is 1. The summed E-state index contributed by atoms with van der Waals surface area (Å²) < 4.78 is 0. The summed E-state index contributed by atoms with van der Waals surface area (Å²) in [6, 6.07) is 16.3. The first-order chi connectivity index (χ1) is 12.6. The van der Waals surface area contributed by atoms with Gasteiger partial charge in [0.05, 0.1) is 11.6 Å². The van der Waals surface area contributed by atoms with Gasteiger partial charge in [0.25, 0.3) is 0 Å². The van der Waals surface area contributed by atoms with Crippen LogP contribution >= 0.6 is 0 Å². The molecular formula is C24H22N2. The monoisotopic (exact) mass is 338 g/mol. The Balaban J connectivity index is 2.10. The fourth-order valence-electron chi connectivity index (χ4n) is 3.49. The smallest absolute Gasteiger partial charge is 0.0991 e. The van der Waals surface area contributed by atoms with Gasteiger partial charge in [-0.3, -0.25) is 0 Å². The quantitative estimate of drug-likeness (QED) is 0.701. The van der Waals surface area contributed by atoms with Crippen molar-refractivity contribution in [1.82, 2.24) is 0 Å². The van der Waals surface area contributed by atoms with Crippen LogP contribution in [0.3, 0.4) is 0 Å². The lowest BCUT2D eigenvalue weighted by Gasteiger charge is -2.22. The molecule has 0 spiro atoms. The van der Waals surface area contributed by atoms with Crippen LogP contribution in [0.5, 0.6) is 0 Å². The van der Waals surface area contributed by atoms with Gasteiger partial charge in [0.1, 0.15) is 0 Å². The molecule has 26 heavy (non-hydrogen) atoms. The van der Waals surface area contributed by atoms with Gasteiger partial charge in [0.2, 0.25) is 0 Å². The van der Waals surface area contributed by atoms with Gasteiger partial charge in [0.15, 0.2) is 0 Å². The summed E-state index contributed by atoms with van der Waals surface area (Å²) in [7, 11) is 0. The van der Waals surface area contributed by atoms with Gasteiger partial charge in [-0.15, -0.1) is 6.42 Å². The minimum absolute atomic E-state index is 0.666. The maximum absolute atomic E-state index is 8.96. The highest BCUT2D eigenvalue weighted by Gasteiger charge is 2.23. The molecule has 0 heterocycles. The fraction of sp³-hybridized carbons (Fsp3) is 0.208. The van der Waals surface area contributed by atoms with Gasteiger partial charge in [-0.2, -0.15) is 5.26 Å². The predicted molar refractivity (Wildman–Crippen MR) is 110 cm³/mol. The summed E-state index contributed by atoms with van der Waals surface area (Å²) in [4.78, 5) is 2.33. The molecule has 2 heteroatoms.